The third kappa shape index (κ3) is 3.11. The molecule has 4 heteroatoms. The number of nitriles is 1. The molecule has 0 atom stereocenters. The molecule has 0 aliphatic heterocycles. The maximum absolute atomic E-state index is 10.8. The van der Waals surface area contributed by atoms with E-state index in [9.17, 15) is 4.79 Å². The van der Waals surface area contributed by atoms with Crippen LogP contribution in [-0.2, 0) is 9.53 Å². The largest absolute Gasteiger partial charge is 0.468 e. The van der Waals surface area contributed by atoms with Gasteiger partial charge in [0.1, 0.15) is 0 Å². The lowest BCUT2D eigenvalue weighted by Crippen LogP contribution is -2.02. The quantitative estimate of drug-likeness (QED) is 0.560. The fourth-order valence-electron chi connectivity index (χ4n) is 0.827. The molecule has 0 aliphatic rings. The zero-order valence-corrected chi connectivity index (χ0v) is 8.50. The Morgan fingerprint density at radius 3 is 2.64 bits per heavy atom. The van der Waals surface area contributed by atoms with Crippen LogP contribution < -0.4 is 0 Å². The van der Waals surface area contributed by atoms with Gasteiger partial charge in [-0.1, -0.05) is 0 Å². The lowest BCUT2D eigenvalue weighted by molar-refractivity contribution is -0.137. The SMILES string of the molecule is COC(=O)CSc1ccc(C#N)cc1. The van der Waals surface area contributed by atoms with Gasteiger partial charge in [0.2, 0.25) is 0 Å². The molecule has 72 valence electrons. The molecule has 0 fully saturated rings. The third-order valence-electron chi connectivity index (χ3n) is 1.57. The van der Waals surface area contributed by atoms with Gasteiger partial charge >= 0.3 is 5.97 Å². The minimum Gasteiger partial charge on any atom is -0.468 e. The maximum Gasteiger partial charge on any atom is 0.315 e. The Bertz CT molecular complexity index is 353. The molecule has 14 heavy (non-hydrogen) atoms. The zero-order chi connectivity index (χ0) is 10.4. The number of rotatable bonds is 3. The molecule has 0 spiro atoms. The van der Waals surface area contributed by atoms with Gasteiger partial charge in [-0.3, -0.25) is 4.79 Å². The van der Waals surface area contributed by atoms with Crippen LogP contribution in [0.5, 0.6) is 0 Å². The summed E-state index contributed by atoms with van der Waals surface area (Å²) in [6, 6.07) is 9.10. The van der Waals surface area contributed by atoms with E-state index in [0.29, 0.717) is 11.3 Å². The Morgan fingerprint density at radius 1 is 1.50 bits per heavy atom. The van der Waals surface area contributed by atoms with E-state index >= 15 is 0 Å². The Morgan fingerprint density at radius 2 is 2.14 bits per heavy atom. The first kappa shape index (κ1) is 10.6. The van der Waals surface area contributed by atoms with Crippen LogP contribution in [0.4, 0.5) is 0 Å². The highest BCUT2D eigenvalue weighted by atomic mass is 32.2. The van der Waals surface area contributed by atoms with E-state index < -0.39 is 0 Å². The summed E-state index contributed by atoms with van der Waals surface area (Å²) in [6.07, 6.45) is 0. The van der Waals surface area contributed by atoms with Crippen molar-refractivity contribution < 1.29 is 9.53 Å². The Kier molecular flexibility index (Phi) is 4.02. The van der Waals surface area contributed by atoms with Crippen LogP contribution in [0.3, 0.4) is 0 Å². The Balaban J connectivity index is 2.53. The normalized spacial score (nSPS) is 9.14. The van der Waals surface area contributed by atoms with Crippen LogP contribution in [-0.4, -0.2) is 18.8 Å². The van der Waals surface area contributed by atoms with Gasteiger partial charge in [-0.05, 0) is 24.3 Å². The van der Waals surface area contributed by atoms with E-state index in [0.717, 1.165) is 4.90 Å². The summed E-state index contributed by atoms with van der Waals surface area (Å²) < 4.78 is 4.50. The summed E-state index contributed by atoms with van der Waals surface area (Å²) in [5.74, 6) is 0.0435. The second-order valence-electron chi connectivity index (χ2n) is 2.50. The fraction of sp³-hybridized carbons (Fsp3) is 0.200. The molecule has 1 rings (SSSR count). The first-order valence-electron chi connectivity index (χ1n) is 3.96. The summed E-state index contributed by atoms with van der Waals surface area (Å²) in [5, 5.41) is 8.55. The van der Waals surface area contributed by atoms with Crippen LogP contribution in [0.1, 0.15) is 5.56 Å². The minimum atomic E-state index is -0.251. The predicted molar refractivity (Wildman–Crippen MR) is 53.9 cm³/mol. The van der Waals surface area contributed by atoms with E-state index in [-0.39, 0.29) is 5.97 Å². The molecule has 0 unspecified atom stereocenters. The second-order valence-corrected chi connectivity index (χ2v) is 3.55. The molecule has 0 bridgehead atoms. The van der Waals surface area contributed by atoms with Crippen LogP contribution in [0.15, 0.2) is 29.2 Å². The third-order valence-corrected chi connectivity index (χ3v) is 2.55. The number of benzene rings is 1. The zero-order valence-electron chi connectivity index (χ0n) is 7.69. The van der Waals surface area contributed by atoms with Crippen LogP contribution >= 0.6 is 11.8 Å². The molecule has 1 aromatic carbocycles. The van der Waals surface area contributed by atoms with E-state index in [2.05, 4.69) is 4.74 Å². The molecular formula is C10H9NO2S. The van der Waals surface area contributed by atoms with Gasteiger partial charge in [0, 0.05) is 4.90 Å². The van der Waals surface area contributed by atoms with Crippen molar-refractivity contribution in [1.82, 2.24) is 0 Å². The molecule has 0 aromatic heterocycles. The molecule has 0 radical (unpaired) electrons. The Labute approximate surface area is 86.7 Å². The van der Waals surface area contributed by atoms with Crippen LogP contribution in [0.25, 0.3) is 0 Å². The highest BCUT2D eigenvalue weighted by Gasteiger charge is 2.01. The summed E-state index contributed by atoms with van der Waals surface area (Å²) in [4.78, 5) is 11.8. The van der Waals surface area contributed by atoms with Crippen LogP contribution in [0, 0.1) is 11.3 Å². The van der Waals surface area contributed by atoms with Crippen molar-refractivity contribution in [3.63, 3.8) is 0 Å². The average molecular weight is 207 g/mol. The number of hydrogen-bond donors (Lipinski definition) is 0. The standard InChI is InChI=1S/C10H9NO2S/c1-13-10(12)7-14-9-4-2-8(6-11)3-5-9/h2-5H,7H2,1H3. The molecule has 0 amide bonds. The number of carbonyl (C=O) groups is 1. The van der Waals surface area contributed by atoms with Gasteiger partial charge in [0.05, 0.1) is 24.5 Å². The molecule has 1 aromatic rings. The van der Waals surface area contributed by atoms with Crippen molar-refractivity contribution in [1.29, 1.82) is 5.26 Å². The molecule has 0 saturated heterocycles. The number of methoxy groups -OCH3 is 1. The average Bonchev–Trinajstić information content (AvgIpc) is 2.26. The monoisotopic (exact) mass is 207 g/mol. The minimum absolute atomic E-state index is 0.251. The van der Waals surface area contributed by atoms with Crippen molar-refractivity contribution in [2.75, 3.05) is 12.9 Å². The predicted octanol–water partition coefficient (Wildman–Crippen LogP) is 1.82. The van der Waals surface area contributed by atoms with E-state index in [1.165, 1.54) is 18.9 Å². The highest BCUT2D eigenvalue weighted by molar-refractivity contribution is 8.00. The molecule has 0 N–H and O–H groups in total. The molecule has 0 saturated carbocycles. The van der Waals surface area contributed by atoms with Gasteiger partial charge in [0.25, 0.3) is 0 Å². The second kappa shape index (κ2) is 5.30. The van der Waals surface area contributed by atoms with Gasteiger partial charge in [-0.2, -0.15) is 5.26 Å². The summed E-state index contributed by atoms with van der Waals surface area (Å²) in [5.41, 5.74) is 0.618. The molecular weight excluding hydrogens is 198 g/mol. The highest BCUT2D eigenvalue weighted by Crippen LogP contribution is 2.17. The van der Waals surface area contributed by atoms with Gasteiger partial charge in [-0.15, -0.1) is 11.8 Å². The Hall–Kier alpha value is -1.47. The molecule has 0 aliphatic carbocycles. The first-order valence-corrected chi connectivity index (χ1v) is 4.94. The van der Waals surface area contributed by atoms with Crippen molar-refractivity contribution >= 4 is 17.7 Å². The fourth-order valence-corrected chi connectivity index (χ4v) is 1.56. The topological polar surface area (TPSA) is 50.1 Å². The maximum atomic E-state index is 10.8. The van der Waals surface area contributed by atoms with E-state index in [4.69, 9.17) is 5.26 Å². The summed E-state index contributed by atoms with van der Waals surface area (Å²) in [6.45, 7) is 0. The first-order chi connectivity index (χ1) is 6.76. The number of carbonyl (C=O) groups excluding carboxylic acids is 1. The van der Waals surface area contributed by atoms with Crippen molar-refractivity contribution in [3.8, 4) is 6.07 Å². The summed E-state index contributed by atoms with van der Waals surface area (Å²) >= 11 is 1.39. The lowest BCUT2D eigenvalue weighted by atomic mass is 10.2. The van der Waals surface area contributed by atoms with Crippen molar-refractivity contribution in [3.05, 3.63) is 29.8 Å². The lowest BCUT2D eigenvalue weighted by Gasteiger charge is -1.99. The molecule has 0 heterocycles. The van der Waals surface area contributed by atoms with Gasteiger partial charge in [0.15, 0.2) is 0 Å². The number of esters is 1. The van der Waals surface area contributed by atoms with Gasteiger partial charge < -0.3 is 4.74 Å². The van der Waals surface area contributed by atoms with E-state index in [1.807, 2.05) is 18.2 Å². The smallest absolute Gasteiger partial charge is 0.315 e. The molecule has 3 nitrogen and oxygen atoms in total. The van der Waals surface area contributed by atoms with E-state index in [1.54, 1.807) is 12.1 Å². The van der Waals surface area contributed by atoms with Crippen LogP contribution in [0.2, 0.25) is 0 Å². The number of nitrogens with zero attached hydrogens (tertiary/aromatic N) is 1. The van der Waals surface area contributed by atoms with Crippen molar-refractivity contribution in [2.24, 2.45) is 0 Å². The number of thioether (sulfide) groups is 1. The number of hydrogen-bond acceptors (Lipinski definition) is 4. The van der Waals surface area contributed by atoms with Gasteiger partial charge in [-0.25, -0.2) is 0 Å². The summed E-state index contributed by atoms with van der Waals surface area (Å²) in [7, 11) is 1.36. The van der Waals surface area contributed by atoms with Crippen molar-refractivity contribution in [2.45, 2.75) is 4.90 Å². The number of ether oxygens (including phenoxy) is 1.